The third-order valence-electron chi connectivity index (χ3n) is 3.09. The molecule has 0 aromatic rings. The van der Waals surface area contributed by atoms with Crippen LogP contribution in [-0.4, -0.2) is 43.2 Å². The van der Waals surface area contributed by atoms with Crippen LogP contribution in [0.2, 0.25) is 0 Å². The number of nitrogens with two attached hydrogens (primary N) is 1. The lowest BCUT2D eigenvalue weighted by Crippen LogP contribution is -2.41. The van der Waals surface area contributed by atoms with Gasteiger partial charge < -0.3 is 15.4 Å². The Morgan fingerprint density at radius 3 is 3.00 bits per heavy atom. The van der Waals surface area contributed by atoms with E-state index in [0.717, 1.165) is 25.8 Å². The molecule has 1 saturated heterocycles. The van der Waals surface area contributed by atoms with Crippen LogP contribution in [0.5, 0.6) is 0 Å². The molecule has 1 unspecified atom stereocenters. The Morgan fingerprint density at radius 1 is 1.50 bits per heavy atom. The number of amides is 1. The molecule has 0 aliphatic carbocycles. The maximum Gasteiger partial charge on any atom is 0.248 e. The fourth-order valence-corrected chi connectivity index (χ4v) is 2.11. The molecular weight excluding hydrogens is 204 g/mol. The van der Waals surface area contributed by atoms with Gasteiger partial charge >= 0.3 is 0 Å². The van der Waals surface area contributed by atoms with Crippen LogP contribution in [0.3, 0.4) is 0 Å². The smallest absolute Gasteiger partial charge is 0.248 e. The van der Waals surface area contributed by atoms with Crippen LogP contribution in [0.1, 0.15) is 39.0 Å². The first-order valence-electron chi connectivity index (χ1n) is 6.36. The van der Waals surface area contributed by atoms with E-state index in [2.05, 4.69) is 6.92 Å². The maximum absolute atomic E-state index is 11.8. The van der Waals surface area contributed by atoms with Gasteiger partial charge in [-0.15, -0.1) is 0 Å². The molecular formula is C12H24N2O2. The number of unbranched alkanes of at least 4 members (excludes halogenated alkanes) is 2. The lowest BCUT2D eigenvalue weighted by Gasteiger charge is -2.23. The maximum atomic E-state index is 11.8. The standard InChI is InChI=1S/C12H24N2O2/c1-2-3-4-8-16-10-12(15)14-7-5-6-11(14)9-13/h11H,2-10,13H2,1H3. The van der Waals surface area contributed by atoms with Crippen molar-refractivity contribution in [1.29, 1.82) is 0 Å². The van der Waals surface area contributed by atoms with Crippen LogP contribution in [0.4, 0.5) is 0 Å². The molecule has 1 fully saturated rings. The van der Waals surface area contributed by atoms with Crippen LogP contribution >= 0.6 is 0 Å². The Morgan fingerprint density at radius 2 is 2.31 bits per heavy atom. The number of rotatable bonds is 7. The summed E-state index contributed by atoms with van der Waals surface area (Å²) in [6.45, 7) is 4.49. The number of hydrogen-bond acceptors (Lipinski definition) is 3. The molecule has 1 aliphatic heterocycles. The fourth-order valence-electron chi connectivity index (χ4n) is 2.11. The van der Waals surface area contributed by atoms with Crippen molar-refractivity contribution in [2.24, 2.45) is 5.73 Å². The summed E-state index contributed by atoms with van der Waals surface area (Å²) in [7, 11) is 0. The van der Waals surface area contributed by atoms with Crippen molar-refractivity contribution in [1.82, 2.24) is 4.90 Å². The Hall–Kier alpha value is -0.610. The van der Waals surface area contributed by atoms with E-state index in [1.165, 1.54) is 12.8 Å². The Labute approximate surface area is 98.1 Å². The Balaban J connectivity index is 2.14. The van der Waals surface area contributed by atoms with Crippen LogP contribution in [-0.2, 0) is 9.53 Å². The molecule has 0 aromatic heterocycles. The van der Waals surface area contributed by atoms with E-state index in [9.17, 15) is 4.79 Å². The van der Waals surface area contributed by atoms with E-state index in [0.29, 0.717) is 13.2 Å². The molecule has 4 heteroatoms. The molecule has 1 rings (SSSR count). The van der Waals surface area contributed by atoms with Crippen molar-refractivity contribution in [2.45, 2.75) is 45.1 Å². The topological polar surface area (TPSA) is 55.6 Å². The number of nitrogens with zero attached hydrogens (tertiary/aromatic N) is 1. The lowest BCUT2D eigenvalue weighted by atomic mass is 10.2. The van der Waals surface area contributed by atoms with Crippen molar-refractivity contribution < 1.29 is 9.53 Å². The van der Waals surface area contributed by atoms with Gasteiger partial charge in [0.05, 0.1) is 0 Å². The van der Waals surface area contributed by atoms with Gasteiger partial charge in [-0.05, 0) is 19.3 Å². The second kappa shape index (κ2) is 7.63. The zero-order valence-corrected chi connectivity index (χ0v) is 10.3. The molecule has 2 N–H and O–H groups in total. The van der Waals surface area contributed by atoms with Gasteiger partial charge in [0.25, 0.3) is 0 Å². The molecule has 16 heavy (non-hydrogen) atoms. The lowest BCUT2D eigenvalue weighted by molar-refractivity contribution is -0.136. The minimum Gasteiger partial charge on any atom is -0.372 e. The van der Waals surface area contributed by atoms with Crippen molar-refractivity contribution in [3.8, 4) is 0 Å². The third kappa shape index (κ3) is 4.10. The number of likely N-dealkylation sites (tertiary alicyclic amines) is 1. The minimum absolute atomic E-state index is 0.101. The van der Waals surface area contributed by atoms with Crippen LogP contribution in [0.15, 0.2) is 0 Å². The summed E-state index contributed by atoms with van der Waals surface area (Å²) < 4.78 is 5.37. The molecule has 1 heterocycles. The Kier molecular flexibility index (Phi) is 6.42. The quantitative estimate of drug-likeness (QED) is 0.665. The predicted octanol–water partition coefficient (Wildman–Crippen LogP) is 1.14. The van der Waals surface area contributed by atoms with E-state index in [4.69, 9.17) is 10.5 Å². The average molecular weight is 228 g/mol. The average Bonchev–Trinajstić information content (AvgIpc) is 2.76. The van der Waals surface area contributed by atoms with Gasteiger partial charge in [-0.25, -0.2) is 0 Å². The SMILES string of the molecule is CCCCCOCC(=O)N1CCCC1CN. The molecule has 0 bridgehead atoms. The summed E-state index contributed by atoms with van der Waals surface area (Å²) in [4.78, 5) is 13.7. The zero-order valence-electron chi connectivity index (χ0n) is 10.3. The highest BCUT2D eigenvalue weighted by molar-refractivity contribution is 5.78. The summed E-state index contributed by atoms with van der Waals surface area (Å²) in [6, 6.07) is 0.242. The van der Waals surface area contributed by atoms with Gasteiger partial charge in [-0.3, -0.25) is 4.79 Å². The van der Waals surface area contributed by atoms with Crippen molar-refractivity contribution in [3.63, 3.8) is 0 Å². The summed E-state index contributed by atoms with van der Waals surface area (Å²) in [5.41, 5.74) is 5.62. The summed E-state index contributed by atoms with van der Waals surface area (Å²) in [5, 5.41) is 0. The van der Waals surface area contributed by atoms with Crippen LogP contribution in [0.25, 0.3) is 0 Å². The van der Waals surface area contributed by atoms with Gasteiger partial charge in [0.1, 0.15) is 6.61 Å². The van der Waals surface area contributed by atoms with Gasteiger partial charge in [0.15, 0.2) is 0 Å². The van der Waals surface area contributed by atoms with Crippen molar-refractivity contribution in [2.75, 3.05) is 26.3 Å². The molecule has 94 valence electrons. The van der Waals surface area contributed by atoms with E-state index in [-0.39, 0.29) is 18.6 Å². The van der Waals surface area contributed by atoms with E-state index < -0.39 is 0 Å². The summed E-state index contributed by atoms with van der Waals surface area (Å²) >= 11 is 0. The first kappa shape index (κ1) is 13.5. The van der Waals surface area contributed by atoms with Gasteiger partial charge in [0, 0.05) is 25.7 Å². The molecule has 4 nitrogen and oxygen atoms in total. The minimum atomic E-state index is 0.101. The zero-order chi connectivity index (χ0) is 11.8. The predicted molar refractivity (Wildman–Crippen MR) is 64.1 cm³/mol. The van der Waals surface area contributed by atoms with E-state index in [1.807, 2.05) is 4.90 Å². The first-order chi connectivity index (χ1) is 7.79. The van der Waals surface area contributed by atoms with Crippen molar-refractivity contribution >= 4 is 5.91 Å². The molecule has 0 saturated carbocycles. The molecule has 0 radical (unpaired) electrons. The number of carbonyl (C=O) groups is 1. The Bertz CT molecular complexity index is 209. The van der Waals surface area contributed by atoms with Crippen molar-refractivity contribution in [3.05, 3.63) is 0 Å². The second-order valence-corrected chi connectivity index (χ2v) is 4.38. The monoisotopic (exact) mass is 228 g/mol. The molecule has 0 spiro atoms. The van der Waals surface area contributed by atoms with Gasteiger partial charge in [-0.2, -0.15) is 0 Å². The summed E-state index contributed by atoms with van der Waals surface area (Å²) in [5.74, 6) is 0.101. The molecule has 1 aliphatic rings. The number of carbonyl (C=O) groups excluding carboxylic acids is 1. The highest BCUT2D eigenvalue weighted by Gasteiger charge is 2.27. The van der Waals surface area contributed by atoms with E-state index >= 15 is 0 Å². The first-order valence-corrected chi connectivity index (χ1v) is 6.36. The van der Waals surface area contributed by atoms with Crippen LogP contribution < -0.4 is 5.73 Å². The number of ether oxygens (including phenoxy) is 1. The number of hydrogen-bond donors (Lipinski definition) is 1. The third-order valence-corrected chi connectivity index (χ3v) is 3.09. The molecule has 1 atom stereocenters. The highest BCUT2D eigenvalue weighted by atomic mass is 16.5. The normalized spacial score (nSPS) is 20.4. The molecule has 0 aromatic carbocycles. The van der Waals surface area contributed by atoms with Gasteiger partial charge in [0.2, 0.25) is 5.91 Å². The van der Waals surface area contributed by atoms with E-state index in [1.54, 1.807) is 0 Å². The summed E-state index contributed by atoms with van der Waals surface area (Å²) in [6.07, 6.45) is 5.51. The second-order valence-electron chi connectivity index (χ2n) is 4.38. The fraction of sp³-hybridized carbons (Fsp3) is 0.917. The molecule has 1 amide bonds. The van der Waals surface area contributed by atoms with Crippen LogP contribution in [0, 0.1) is 0 Å². The largest absolute Gasteiger partial charge is 0.372 e. The highest BCUT2D eigenvalue weighted by Crippen LogP contribution is 2.16. The van der Waals surface area contributed by atoms with Gasteiger partial charge in [-0.1, -0.05) is 19.8 Å².